The van der Waals surface area contributed by atoms with E-state index in [-0.39, 0.29) is 30.5 Å². The topological polar surface area (TPSA) is 58.4 Å². The number of nitro groups is 1. The van der Waals surface area contributed by atoms with Gasteiger partial charge in [-0.25, -0.2) is 4.39 Å². The zero-order valence-electron chi connectivity index (χ0n) is 10.2. The molecular formula is C11H16Cl2FN3O2. The normalized spacial score (nSPS) is 15.2. The fourth-order valence-corrected chi connectivity index (χ4v) is 1.89. The Morgan fingerprint density at radius 2 is 1.95 bits per heavy atom. The number of rotatable bonds is 3. The summed E-state index contributed by atoms with van der Waals surface area (Å²) in [6.45, 7) is 4.04. The van der Waals surface area contributed by atoms with Gasteiger partial charge in [0.05, 0.1) is 11.0 Å². The lowest BCUT2D eigenvalue weighted by Gasteiger charge is -2.27. The second kappa shape index (κ2) is 8.27. The highest BCUT2D eigenvalue weighted by molar-refractivity contribution is 5.85. The lowest BCUT2D eigenvalue weighted by atomic mass is 10.1. The Morgan fingerprint density at radius 1 is 1.32 bits per heavy atom. The molecule has 1 N–H and O–H groups in total. The maximum absolute atomic E-state index is 13.6. The number of nitro benzene ring substituents is 1. The molecule has 2 rings (SSSR count). The Bertz CT molecular complexity index is 428. The van der Waals surface area contributed by atoms with E-state index >= 15 is 0 Å². The smallest absolute Gasteiger partial charge is 0.272 e. The van der Waals surface area contributed by atoms with Crippen LogP contribution in [-0.4, -0.2) is 36.0 Å². The SMILES string of the molecule is Cl.Cl.O=[N+]([O-])c1ccc(CN2CCNCC2)c(F)c1. The quantitative estimate of drug-likeness (QED) is 0.685. The van der Waals surface area contributed by atoms with Crippen LogP contribution in [0.15, 0.2) is 18.2 Å². The van der Waals surface area contributed by atoms with Gasteiger partial charge in [-0.05, 0) is 6.07 Å². The Labute approximate surface area is 123 Å². The molecule has 1 aromatic carbocycles. The molecule has 1 heterocycles. The summed E-state index contributed by atoms with van der Waals surface area (Å²) in [5, 5.41) is 13.7. The van der Waals surface area contributed by atoms with E-state index in [4.69, 9.17) is 0 Å². The van der Waals surface area contributed by atoms with Crippen LogP contribution in [0.4, 0.5) is 10.1 Å². The Morgan fingerprint density at radius 3 is 2.47 bits per heavy atom. The van der Waals surface area contributed by atoms with Crippen LogP contribution in [0.5, 0.6) is 0 Å². The minimum absolute atomic E-state index is 0. The van der Waals surface area contributed by atoms with Crippen LogP contribution in [0.3, 0.4) is 0 Å². The first-order chi connectivity index (χ1) is 8.16. The van der Waals surface area contributed by atoms with E-state index in [9.17, 15) is 14.5 Å². The molecule has 0 atom stereocenters. The molecule has 0 spiro atoms. The van der Waals surface area contributed by atoms with Gasteiger partial charge in [0.2, 0.25) is 0 Å². The molecule has 1 aliphatic heterocycles. The van der Waals surface area contributed by atoms with Crippen molar-refractivity contribution in [2.24, 2.45) is 0 Å². The average Bonchev–Trinajstić information content (AvgIpc) is 2.33. The van der Waals surface area contributed by atoms with E-state index in [1.54, 1.807) is 0 Å². The number of halogens is 3. The zero-order chi connectivity index (χ0) is 12.3. The number of non-ortho nitro benzene ring substituents is 1. The first-order valence-electron chi connectivity index (χ1n) is 5.53. The molecule has 1 aromatic rings. The lowest BCUT2D eigenvalue weighted by Crippen LogP contribution is -2.43. The van der Waals surface area contributed by atoms with Crippen molar-refractivity contribution >= 4 is 30.5 Å². The summed E-state index contributed by atoms with van der Waals surface area (Å²) >= 11 is 0. The fourth-order valence-electron chi connectivity index (χ4n) is 1.89. The average molecular weight is 312 g/mol. The van der Waals surface area contributed by atoms with Gasteiger partial charge in [-0.3, -0.25) is 15.0 Å². The standard InChI is InChI=1S/C11H14FN3O2.2ClH/c12-11-7-10(15(16)17)2-1-9(11)8-14-5-3-13-4-6-14;;/h1-2,7,13H,3-6,8H2;2*1H. The summed E-state index contributed by atoms with van der Waals surface area (Å²) in [5.41, 5.74) is 0.309. The molecule has 0 saturated carbocycles. The number of nitrogens with zero attached hydrogens (tertiary/aromatic N) is 2. The maximum atomic E-state index is 13.6. The Balaban J connectivity index is 0.00000162. The van der Waals surface area contributed by atoms with Gasteiger partial charge in [0.15, 0.2) is 0 Å². The van der Waals surface area contributed by atoms with Crippen molar-refractivity contribution < 1.29 is 9.31 Å². The summed E-state index contributed by atoms with van der Waals surface area (Å²) in [5.74, 6) is -0.502. The molecule has 0 bridgehead atoms. The first kappa shape index (κ1) is 18.0. The van der Waals surface area contributed by atoms with Gasteiger partial charge in [0.25, 0.3) is 5.69 Å². The zero-order valence-corrected chi connectivity index (χ0v) is 11.8. The van der Waals surface area contributed by atoms with Gasteiger partial charge >= 0.3 is 0 Å². The van der Waals surface area contributed by atoms with Crippen LogP contribution in [0.2, 0.25) is 0 Å². The van der Waals surface area contributed by atoms with E-state index in [2.05, 4.69) is 10.2 Å². The molecule has 0 amide bonds. The van der Waals surface area contributed by atoms with Crippen LogP contribution in [0, 0.1) is 15.9 Å². The number of piperazine rings is 1. The molecule has 1 saturated heterocycles. The van der Waals surface area contributed by atoms with Gasteiger partial charge in [-0.15, -0.1) is 24.8 Å². The highest BCUT2D eigenvalue weighted by Gasteiger charge is 2.15. The third-order valence-electron chi connectivity index (χ3n) is 2.85. The predicted octanol–water partition coefficient (Wildman–Crippen LogP) is 1.98. The number of nitrogens with one attached hydrogen (secondary N) is 1. The highest BCUT2D eigenvalue weighted by Crippen LogP contribution is 2.18. The molecular weight excluding hydrogens is 296 g/mol. The third-order valence-corrected chi connectivity index (χ3v) is 2.85. The molecule has 19 heavy (non-hydrogen) atoms. The van der Waals surface area contributed by atoms with E-state index in [1.807, 2.05) is 0 Å². The van der Waals surface area contributed by atoms with Crippen LogP contribution < -0.4 is 5.32 Å². The van der Waals surface area contributed by atoms with Crippen molar-refractivity contribution in [2.45, 2.75) is 6.54 Å². The van der Waals surface area contributed by atoms with E-state index in [0.717, 1.165) is 32.2 Å². The van der Waals surface area contributed by atoms with Crippen LogP contribution >= 0.6 is 24.8 Å². The second-order valence-corrected chi connectivity index (χ2v) is 4.06. The van der Waals surface area contributed by atoms with Gasteiger partial charge in [0, 0.05) is 44.4 Å². The summed E-state index contributed by atoms with van der Waals surface area (Å²) in [7, 11) is 0. The van der Waals surface area contributed by atoms with Crippen LogP contribution in [-0.2, 0) is 6.54 Å². The van der Waals surface area contributed by atoms with Gasteiger partial charge < -0.3 is 5.32 Å². The van der Waals surface area contributed by atoms with Crippen molar-refractivity contribution in [1.29, 1.82) is 0 Å². The maximum Gasteiger partial charge on any atom is 0.272 e. The van der Waals surface area contributed by atoms with Crippen LogP contribution in [0.25, 0.3) is 0 Å². The monoisotopic (exact) mass is 311 g/mol. The molecule has 1 aliphatic rings. The number of hydrogen-bond donors (Lipinski definition) is 1. The Hall–Kier alpha value is -0.950. The summed E-state index contributed by atoms with van der Waals surface area (Å²) < 4.78 is 13.6. The molecule has 8 heteroatoms. The summed E-state index contributed by atoms with van der Waals surface area (Å²) in [6.07, 6.45) is 0. The van der Waals surface area contributed by atoms with E-state index in [1.165, 1.54) is 12.1 Å². The Kier molecular flexibility index (Phi) is 7.85. The highest BCUT2D eigenvalue weighted by atomic mass is 35.5. The van der Waals surface area contributed by atoms with Gasteiger partial charge in [-0.1, -0.05) is 0 Å². The molecule has 0 unspecified atom stereocenters. The molecule has 0 aromatic heterocycles. The molecule has 1 fully saturated rings. The second-order valence-electron chi connectivity index (χ2n) is 4.06. The van der Waals surface area contributed by atoms with Crippen molar-refractivity contribution in [2.75, 3.05) is 26.2 Å². The largest absolute Gasteiger partial charge is 0.314 e. The first-order valence-corrected chi connectivity index (χ1v) is 5.53. The van der Waals surface area contributed by atoms with Crippen molar-refractivity contribution in [1.82, 2.24) is 10.2 Å². The van der Waals surface area contributed by atoms with Crippen molar-refractivity contribution in [3.8, 4) is 0 Å². The van der Waals surface area contributed by atoms with Gasteiger partial charge in [0.1, 0.15) is 5.82 Å². The lowest BCUT2D eigenvalue weighted by molar-refractivity contribution is -0.385. The van der Waals surface area contributed by atoms with Gasteiger partial charge in [-0.2, -0.15) is 0 Å². The van der Waals surface area contributed by atoms with Crippen molar-refractivity contribution in [3.05, 3.63) is 39.7 Å². The number of benzene rings is 1. The van der Waals surface area contributed by atoms with Crippen molar-refractivity contribution in [3.63, 3.8) is 0 Å². The minimum atomic E-state index is -0.586. The van der Waals surface area contributed by atoms with E-state index < -0.39 is 10.7 Å². The molecule has 5 nitrogen and oxygen atoms in total. The fraction of sp³-hybridized carbons (Fsp3) is 0.455. The predicted molar refractivity (Wildman–Crippen MR) is 75.7 cm³/mol. The minimum Gasteiger partial charge on any atom is -0.314 e. The van der Waals surface area contributed by atoms with Crippen LogP contribution in [0.1, 0.15) is 5.56 Å². The summed E-state index contributed by atoms with van der Waals surface area (Å²) in [4.78, 5) is 12.0. The summed E-state index contributed by atoms with van der Waals surface area (Å²) in [6, 6.07) is 3.83. The van der Waals surface area contributed by atoms with E-state index in [0.29, 0.717) is 12.1 Å². The third kappa shape index (κ3) is 4.91. The number of hydrogen-bond acceptors (Lipinski definition) is 4. The molecule has 0 aliphatic carbocycles. The molecule has 108 valence electrons. The molecule has 0 radical (unpaired) electrons.